The van der Waals surface area contributed by atoms with E-state index in [-0.39, 0.29) is 24.5 Å². The van der Waals surface area contributed by atoms with Gasteiger partial charge in [-0.05, 0) is 33.1 Å². The molecule has 0 bridgehead atoms. The van der Waals surface area contributed by atoms with Gasteiger partial charge >= 0.3 is 6.02 Å². The molecule has 2 atom stereocenters. The molecule has 0 aromatic rings. The van der Waals surface area contributed by atoms with Crippen LogP contribution < -0.4 is 5.32 Å². The van der Waals surface area contributed by atoms with Crippen LogP contribution in [0.3, 0.4) is 0 Å². The molecule has 1 fully saturated rings. The van der Waals surface area contributed by atoms with Crippen molar-refractivity contribution in [3.63, 3.8) is 0 Å². The molecular formula is C14H25N3O4S. The Hall–Kier alpha value is -1.31. The summed E-state index contributed by atoms with van der Waals surface area (Å²) < 4.78 is 33.7. The van der Waals surface area contributed by atoms with Crippen molar-refractivity contribution >= 4 is 22.0 Å². The van der Waals surface area contributed by atoms with E-state index in [1.54, 1.807) is 4.90 Å². The van der Waals surface area contributed by atoms with Crippen molar-refractivity contribution in [1.29, 1.82) is 0 Å². The first-order valence-corrected chi connectivity index (χ1v) is 9.50. The molecule has 2 aliphatic rings. The van der Waals surface area contributed by atoms with E-state index >= 15 is 0 Å². The second kappa shape index (κ2) is 7.30. The number of rotatable bonds is 5. The highest BCUT2D eigenvalue weighted by atomic mass is 32.2. The number of ether oxygens (including phenoxy) is 1. The highest BCUT2D eigenvalue weighted by Gasteiger charge is 2.41. The number of hydrogen-bond donors (Lipinski definition) is 1. The molecule has 0 saturated heterocycles. The number of carbonyl (C=O) groups excluding carboxylic acids is 1. The van der Waals surface area contributed by atoms with E-state index in [1.807, 2.05) is 13.8 Å². The summed E-state index contributed by atoms with van der Waals surface area (Å²) >= 11 is 0. The first kappa shape index (κ1) is 17.1. The second-order valence-electron chi connectivity index (χ2n) is 5.63. The Balaban J connectivity index is 1.90. The molecule has 1 amide bonds. The quantitative estimate of drug-likeness (QED) is 0.807. The molecule has 0 aromatic heterocycles. The minimum absolute atomic E-state index is 0.0345. The number of nitrogens with one attached hydrogen (secondary N) is 1. The number of hydrogen-bond acceptors (Lipinski definition) is 5. The van der Waals surface area contributed by atoms with Crippen LogP contribution in [0.4, 0.5) is 0 Å². The molecule has 7 nitrogen and oxygen atoms in total. The Morgan fingerprint density at radius 2 is 2.00 bits per heavy atom. The maximum atomic E-state index is 12.1. The third-order valence-corrected chi connectivity index (χ3v) is 5.95. The van der Waals surface area contributed by atoms with Crippen molar-refractivity contribution in [3.05, 3.63) is 0 Å². The number of fused-ring (bicyclic) bond motifs is 1. The van der Waals surface area contributed by atoms with Gasteiger partial charge in [0.2, 0.25) is 5.91 Å². The zero-order valence-electron chi connectivity index (χ0n) is 13.2. The average molecular weight is 331 g/mol. The fourth-order valence-corrected chi connectivity index (χ4v) is 4.49. The normalized spacial score (nSPS) is 26.4. The van der Waals surface area contributed by atoms with E-state index in [2.05, 4.69) is 9.71 Å². The zero-order valence-corrected chi connectivity index (χ0v) is 14.1. The molecule has 22 heavy (non-hydrogen) atoms. The molecule has 2 rings (SSSR count). The van der Waals surface area contributed by atoms with E-state index < -0.39 is 15.3 Å². The van der Waals surface area contributed by atoms with Crippen molar-refractivity contribution in [1.82, 2.24) is 10.2 Å². The largest absolute Gasteiger partial charge is 0.460 e. The third-order valence-electron chi connectivity index (χ3n) is 4.23. The monoisotopic (exact) mass is 331 g/mol. The van der Waals surface area contributed by atoms with Crippen LogP contribution in [-0.2, 0) is 19.6 Å². The molecular weight excluding hydrogens is 306 g/mol. The number of amides is 1. The van der Waals surface area contributed by atoms with Crippen LogP contribution >= 0.6 is 0 Å². The molecule has 1 aliphatic carbocycles. The van der Waals surface area contributed by atoms with Gasteiger partial charge in [-0.2, -0.15) is 0 Å². The fourth-order valence-electron chi connectivity index (χ4n) is 2.97. The third kappa shape index (κ3) is 3.91. The molecule has 0 aromatic carbocycles. The standard InChI is InChI=1S/C14H25N3O4S/c1-3-17(4-2)13(18)9-10-15-14-16-22(19,20)12-8-6-5-7-11(12)21-14/h11-12H,3-10H2,1-2H3,(H,15,16). The van der Waals surface area contributed by atoms with Crippen molar-refractivity contribution in [2.75, 3.05) is 19.6 Å². The first-order chi connectivity index (χ1) is 10.5. The number of nitrogens with zero attached hydrogens (tertiary/aromatic N) is 2. The van der Waals surface area contributed by atoms with Crippen LogP contribution in [0.15, 0.2) is 4.40 Å². The summed E-state index contributed by atoms with van der Waals surface area (Å²) in [4.78, 5) is 13.6. The van der Waals surface area contributed by atoms with Gasteiger partial charge in [0, 0.05) is 26.1 Å². The molecule has 1 heterocycles. The Morgan fingerprint density at radius 3 is 2.68 bits per heavy atom. The first-order valence-electron chi connectivity index (χ1n) is 8.00. The SMILES string of the molecule is CCN(CC)C(=O)CCNC1=NS(=O)(=O)C2CCCCC2O1. The number of sulfonamides is 1. The molecule has 2 unspecified atom stereocenters. The maximum absolute atomic E-state index is 12.1. The van der Waals surface area contributed by atoms with Gasteiger partial charge in [0.15, 0.2) is 0 Å². The lowest BCUT2D eigenvalue weighted by Gasteiger charge is -2.33. The van der Waals surface area contributed by atoms with Crippen LogP contribution in [0.5, 0.6) is 0 Å². The van der Waals surface area contributed by atoms with Crippen LogP contribution in [0.2, 0.25) is 0 Å². The van der Waals surface area contributed by atoms with Gasteiger partial charge in [0.05, 0.1) is 0 Å². The highest BCUT2D eigenvalue weighted by molar-refractivity contribution is 7.91. The van der Waals surface area contributed by atoms with Crippen LogP contribution in [0.1, 0.15) is 46.0 Å². The second-order valence-corrected chi connectivity index (χ2v) is 7.45. The molecule has 0 radical (unpaired) electrons. The summed E-state index contributed by atoms with van der Waals surface area (Å²) in [5, 5.41) is 2.34. The summed E-state index contributed by atoms with van der Waals surface area (Å²) in [5.41, 5.74) is 0. The van der Waals surface area contributed by atoms with E-state index in [9.17, 15) is 13.2 Å². The molecule has 1 N–H and O–H groups in total. The Kier molecular flexibility index (Phi) is 5.66. The average Bonchev–Trinajstić information content (AvgIpc) is 2.48. The maximum Gasteiger partial charge on any atom is 0.300 e. The lowest BCUT2D eigenvalue weighted by atomic mass is 9.97. The predicted molar refractivity (Wildman–Crippen MR) is 84.0 cm³/mol. The topological polar surface area (TPSA) is 88.1 Å². The van der Waals surface area contributed by atoms with Crippen LogP contribution in [-0.4, -0.2) is 56.2 Å². The van der Waals surface area contributed by atoms with Gasteiger partial charge in [-0.15, -0.1) is 4.40 Å². The van der Waals surface area contributed by atoms with Crippen molar-refractivity contribution in [2.24, 2.45) is 4.40 Å². The minimum atomic E-state index is -3.50. The van der Waals surface area contributed by atoms with Crippen LogP contribution in [0.25, 0.3) is 0 Å². The van der Waals surface area contributed by atoms with E-state index in [1.165, 1.54) is 0 Å². The summed E-state index contributed by atoms with van der Waals surface area (Å²) in [6.07, 6.45) is 3.22. The molecule has 0 spiro atoms. The molecule has 126 valence electrons. The minimum Gasteiger partial charge on any atom is -0.460 e. The van der Waals surface area contributed by atoms with Crippen molar-refractivity contribution in [2.45, 2.75) is 57.3 Å². The molecule has 8 heteroatoms. The summed E-state index contributed by atoms with van der Waals surface area (Å²) in [6, 6.07) is 0.0375. The summed E-state index contributed by atoms with van der Waals surface area (Å²) in [6.45, 7) is 5.52. The Bertz CT molecular complexity index is 528. The van der Waals surface area contributed by atoms with E-state index in [0.717, 1.165) is 19.3 Å². The Morgan fingerprint density at radius 1 is 1.32 bits per heavy atom. The van der Waals surface area contributed by atoms with Crippen molar-refractivity contribution in [3.8, 4) is 0 Å². The van der Waals surface area contributed by atoms with E-state index in [0.29, 0.717) is 26.1 Å². The van der Waals surface area contributed by atoms with Gasteiger partial charge in [0.25, 0.3) is 10.0 Å². The fraction of sp³-hybridized carbons (Fsp3) is 0.857. The summed E-state index contributed by atoms with van der Waals surface area (Å²) in [5.74, 6) is 0.0345. The highest BCUT2D eigenvalue weighted by Crippen LogP contribution is 2.30. The molecule has 1 aliphatic heterocycles. The lowest BCUT2D eigenvalue weighted by Crippen LogP contribution is -2.47. The van der Waals surface area contributed by atoms with Crippen LogP contribution in [0, 0.1) is 0 Å². The van der Waals surface area contributed by atoms with E-state index in [4.69, 9.17) is 4.74 Å². The van der Waals surface area contributed by atoms with Crippen molar-refractivity contribution < 1.29 is 17.9 Å². The number of amidine groups is 1. The zero-order chi connectivity index (χ0) is 16.2. The van der Waals surface area contributed by atoms with Gasteiger partial charge in [0.1, 0.15) is 11.4 Å². The van der Waals surface area contributed by atoms with Gasteiger partial charge in [-0.3, -0.25) is 4.79 Å². The van der Waals surface area contributed by atoms with Gasteiger partial charge in [-0.1, -0.05) is 6.42 Å². The number of carbonyl (C=O) groups is 1. The van der Waals surface area contributed by atoms with Gasteiger partial charge < -0.3 is 15.0 Å². The Labute approximate surface area is 132 Å². The lowest BCUT2D eigenvalue weighted by molar-refractivity contribution is -0.130. The van der Waals surface area contributed by atoms with Gasteiger partial charge in [-0.25, -0.2) is 8.42 Å². The smallest absolute Gasteiger partial charge is 0.300 e. The molecule has 1 saturated carbocycles. The summed E-state index contributed by atoms with van der Waals surface area (Å²) in [7, 11) is -3.50. The predicted octanol–water partition coefficient (Wildman–Crippen LogP) is 0.862.